The molecule has 0 aliphatic heterocycles. The van der Waals surface area contributed by atoms with Crippen molar-refractivity contribution in [3.05, 3.63) is 30.3 Å². The van der Waals surface area contributed by atoms with Crippen LogP contribution in [0.5, 0.6) is 0 Å². The lowest BCUT2D eigenvalue weighted by Crippen LogP contribution is -2.14. The van der Waals surface area contributed by atoms with Gasteiger partial charge in [-0.05, 0) is 25.0 Å². The first kappa shape index (κ1) is 12.2. The maximum absolute atomic E-state index is 11.7. The van der Waals surface area contributed by atoms with Crippen LogP contribution in [0.3, 0.4) is 0 Å². The van der Waals surface area contributed by atoms with Gasteiger partial charge in [0.05, 0.1) is 16.8 Å². The van der Waals surface area contributed by atoms with E-state index in [0.717, 1.165) is 0 Å². The third-order valence-corrected chi connectivity index (χ3v) is 4.06. The molecule has 1 aromatic rings. The number of aliphatic hydroxyl groups excluding tert-OH is 1. The first-order chi connectivity index (χ1) is 7.06. The summed E-state index contributed by atoms with van der Waals surface area (Å²) in [5.74, 6) is 0.00597. The van der Waals surface area contributed by atoms with Crippen LogP contribution in [0.25, 0.3) is 0 Å². The van der Waals surface area contributed by atoms with Crippen molar-refractivity contribution < 1.29 is 13.5 Å². The van der Waals surface area contributed by atoms with Crippen LogP contribution in [0, 0.1) is 0 Å². The van der Waals surface area contributed by atoms with Gasteiger partial charge in [0.25, 0.3) is 0 Å². The predicted molar refractivity (Wildman–Crippen MR) is 59.4 cm³/mol. The molecule has 15 heavy (non-hydrogen) atoms. The largest absolute Gasteiger partial charge is 0.393 e. The smallest absolute Gasteiger partial charge is 0.178 e. The van der Waals surface area contributed by atoms with Crippen molar-refractivity contribution in [2.24, 2.45) is 0 Å². The molecule has 1 aromatic carbocycles. The highest BCUT2D eigenvalue weighted by Crippen LogP contribution is 2.12. The zero-order valence-corrected chi connectivity index (χ0v) is 9.57. The summed E-state index contributed by atoms with van der Waals surface area (Å²) in [6, 6.07) is 8.33. The Balaban J connectivity index is 2.69. The van der Waals surface area contributed by atoms with Crippen LogP contribution in [0.2, 0.25) is 0 Å². The van der Waals surface area contributed by atoms with Gasteiger partial charge in [0.2, 0.25) is 0 Å². The van der Waals surface area contributed by atoms with Gasteiger partial charge in [-0.3, -0.25) is 0 Å². The molecule has 1 rings (SSSR count). The normalized spacial score (nSPS) is 13.7. The third-order valence-electron chi connectivity index (χ3n) is 2.29. The molecular formula is C11H16O3S. The first-order valence-electron chi connectivity index (χ1n) is 5.02. The summed E-state index contributed by atoms with van der Waals surface area (Å²) in [4.78, 5) is 0.327. The van der Waals surface area contributed by atoms with Crippen LogP contribution >= 0.6 is 0 Å². The van der Waals surface area contributed by atoms with Gasteiger partial charge in [0.15, 0.2) is 9.84 Å². The summed E-state index contributed by atoms with van der Waals surface area (Å²) >= 11 is 0. The topological polar surface area (TPSA) is 54.4 Å². The molecule has 0 saturated carbocycles. The lowest BCUT2D eigenvalue weighted by atomic mass is 10.2. The molecule has 0 amide bonds. The van der Waals surface area contributed by atoms with Crippen LogP contribution in [-0.4, -0.2) is 25.4 Å². The second kappa shape index (κ2) is 5.28. The second-order valence-corrected chi connectivity index (χ2v) is 5.59. The zero-order valence-electron chi connectivity index (χ0n) is 8.76. The second-order valence-electron chi connectivity index (χ2n) is 3.48. The predicted octanol–water partition coefficient (Wildman–Crippen LogP) is 1.62. The van der Waals surface area contributed by atoms with Gasteiger partial charge in [-0.1, -0.05) is 25.1 Å². The summed E-state index contributed by atoms with van der Waals surface area (Å²) in [6.07, 6.45) is 0.362. The maximum Gasteiger partial charge on any atom is 0.178 e. The molecule has 1 unspecified atom stereocenters. The van der Waals surface area contributed by atoms with Gasteiger partial charge in [0, 0.05) is 0 Å². The van der Waals surface area contributed by atoms with Crippen molar-refractivity contribution in [2.45, 2.75) is 30.8 Å². The van der Waals surface area contributed by atoms with Gasteiger partial charge in [-0.25, -0.2) is 8.42 Å². The Bertz CT molecular complexity index is 384. The molecule has 0 heterocycles. The molecule has 0 aliphatic rings. The number of hydrogen-bond acceptors (Lipinski definition) is 3. The molecule has 1 N–H and O–H groups in total. The summed E-state index contributed by atoms with van der Waals surface area (Å²) in [7, 11) is -3.23. The van der Waals surface area contributed by atoms with E-state index in [2.05, 4.69) is 0 Å². The van der Waals surface area contributed by atoms with E-state index in [1.54, 1.807) is 30.3 Å². The Morgan fingerprint density at radius 2 is 1.87 bits per heavy atom. The molecule has 0 aromatic heterocycles. The minimum absolute atomic E-state index is 0.00597. The molecule has 0 bridgehead atoms. The van der Waals surface area contributed by atoms with E-state index in [9.17, 15) is 13.5 Å². The summed E-state index contributed by atoms with van der Waals surface area (Å²) < 4.78 is 23.5. The number of hydrogen-bond donors (Lipinski definition) is 1. The molecule has 0 spiro atoms. The highest BCUT2D eigenvalue weighted by atomic mass is 32.2. The fraction of sp³-hybridized carbons (Fsp3) is 0.455. The van der Waals surface area contributed by atoms with Crippen LogP contribution in [-0.2, 0) is 9.84 Å². The van der Waals surface area contributed by atoms with Gasteiger partial charge in [-0.15, -0.1) is 0 Å². The molecule has 84 valence electrons. The maximum atomic E-state index is 11.7. The van der Waals surface area contributed by atoms with Crippen molar-refractivity contribution in [2.75, 3.05) is 5.75 Å². The average Bonchev–Trinajstić information content (AvgIpc) is 2.27. The standard InChI is InChI=1S/C11H16O3S/c1-2-10(12)8-9-15(13,14)11-6-4-3-5-7-11/h3-7,10,12H,2,8-9H2,1H3. The minimum atomic E-state index is -3.23. The molecule has 0 aliphatic carbocycles. The van der Waals surface area contributed by atoms with Gasteiger partial charge in [0.1, 0.15) is 0 Å². The lowest BCUT2D eigenvalue weighted by Gasteiger charge is -2.08. The number of aliphatic hydroxyl groups is 1. The Labute approximate surface area is 90.7 Å². The van der Waals surface area contributed by atoms with Crippen molar-refractivity contribution in [1.29, 1.82) is 0 Å². The van der Waals surface area contributed by atoms with Crippen LogP contribution in [0.4, 0.5) is 0 Å². The fourth-order valence-corrected chi connectivity index (χ4v) is 2.63. The Morgan fingerprint density at radius 1 is 1.27 bits per heavy atom. The van der Waals surface area contributed by atoms with E-state index in [0.29, 0.717) is 17.7 Å². The van der Waals surface area contributed by atoms with E-state index in [-0.39, 0.29) is 5.75 Å². The molecule has 1 atom stereocenters. The van der Waals surface area contributed by atoms with Crippen molar-refractivity contribution in [3.8, 4) is 0 Å². The highest BCUT2D eigenvalue weighted by Gasteiger charge is 2.15. The summed E-state index contributed by atoms with van der Waals surface area (Å²) in [5, 5.41) is 9.30. The van der Waals surface area contributed by atoms with Gasteiger partial charge in [-0.2, -0.15) is 0 Å². The van der Waals surface area contributed by atoms with E-state index in [1.807, 2.05) is 6.92 Å². The monoisotopic (exact) mass is 228 g/mol. The number of benzene rings is 1. The van der Waals surface area contributed by atoms with Crippen LogP contribution < -0.4 is 0 Å². The van der Waals surface area contributed by atoms with Crippen LogP contribution in [0.1, 0.15) is 19.8 Å². The van der Waals surface area contributed by atoms with E-state index in [1.165, 1.54) is 0 Å². The molecule has 0 radical (unpaired) electrons. The van der Waals surface area contributed by atoms with E-state index >= 15 is 0 Å². The Kier molecular flexibility index (Phi) is 4.29. The lowest BCUT2D eigenvalue weighted by molar-refractivity contribution is 0.167. The minimum Gasteiger partial charge on any atom is -0.393 e. The highest BCUT2D eigenvalue weighted by molar-refractivity contribution is 7.91. The first-order valence-corrected chi connectivity index (χ1v) is 6.67. The zero-order chi connectivity index (χ0) is 11.3. The van der Waals surface area contributed by atoms with E-state index in [4.69, 9.17) is 0 Å². The van der Waals surface area contributed by atoms with Gasteiger partial charge >= 0.3 is 0 Å². The van der Waals surface area contributed by atoms with Crippen molar-refractivity contribution >= 4 is 9.84 Å². The quantitative estimate of drug-likeness (QED) is 0.833. The molecule has 4 heteroatoms. The molecular weight excluding hydrogens is 212 g/mol. The fourth-order valence-electron chi connectivity index (χ4n) is 1.24. The molecule has 0 saturated heterocycles. The average molecular weight is 228 g/mol. The summed E-state index contributed by atoms with van der Waals surface area (Å²) in [5.41, 5.74) is 0. The molecule has 0 fully saturated rings. The van der Waals surface area contributed by atoms with Gasteiger partial charge < -0.3 is 5.11 Å². The number of rotatable bonds is 5. The van der Waals surface area contributed by atoms with Crippen molar-refractivity contribution in [3.63, 3.8) is 0 Å². The molecule has 3 nitrogen and oxygen atoms in total. The van der Waals surface area contributed by atoms with E-state index < -0.39 is 15.9 Å². The Hall–Kier alpha value is -0.870. The van der Waals surface area contributed by atoms with Crippen LogP contribution in [0.15, 0.2) is 35.2 Å². The summed E-state index contributed by atoms with van der Waals surface area (Å²) in [6.45, 7) is 1.83. The Morgan fingerprint density at radius 3 is 2.40 bits per heavy atom. The third kappa shape index (κ3) is 3.64. The number of sulfone groups is 1. The van der Waals surface area contributed by atoms with Crippen molar-refractivity contribution in [1.82, 2.24) is 0 Å². The SMILES string of the molecule is CCC(O)CCS(=O)(=O)c1ccccc1.